The molecule has 1 aromatic heterocycles. The molecule has 1 heterocycles. The minimum absolute atomic E-state index is 0.0256. The number of halogens is 2. The number of carbonyl (C=O) groups is 2. The van der Waals surface area contributed by atoms with Crippen LogP contribution in [0.4, 0.5) is 5.82 Å². The Morgan fingerprint density at radius 2 is 1.37 bits per heavy atom. The molecule has 2 amide bonds. The molecule has 2 fully saturated rings. The van der Waals surface area contributed by atoms with Gasteiger partial charge in [0.2, 0.25) is 0 Å². The number of anilines is 1. The Hall–Kier alpha value is -5.23. The van der Waals surface area contributed by atoms with Gasteiger partial charge >= 0.3 is 0 Å². The smallest absolute Gasteiger partial charge is 0.255 e. The fourth-order valence-electron chi connectivity index (χ4n) is 6.45. The van der Waals surface area contributed by atoms with E-state index in [1.807, 2.05) is 24.3 Å². The van der Waals surface area contributed by atoms with E-state index in [2.05, 4.69) is 39.3 Å². The number of nitrogens with two attached hydrogens (primary N) is 1. The van der Waals surface area contributed by atoms with Gasteiger partial charge in [0.15, 0.2) is 11.5 Å². The summed E-state index contributed by atoms with van der Waals surface area (Å²) in [7, 11) is 1.43. The summed E-state index contributed by atoms with van der Waals surface area (Å²) in [5.41, 5.74) is 5.66. The zero-order chi connectivity index (χ0) is 38.7. The summed E-state index contributed by atoms with van der Waals surface area (Å²) in [6, 6.07) is 21.7. The second-order valence-electron chi connectivity index (χ2n) is 13.4. The standard InChI is InChI=1S/C22H22ClNO4.C20H20ClN3O2/c1-28-20-13-16(7-8-19(20)25)21(26)24-18-6-3-10-22(27,14-18)11-9-15-4-2-5-17(23)12-15;21-15-5-1-4-14(12-15)8-10-20(26)9-2-6-16(13-20)24-19(25)17-7-3-11-23-18(17)22/h2,4-5,7-8,12-13,18,25,27H,3,6,10,14H2,1H3,(H,24,26);1,3-5,7,11-12,16,26H,2,6,9,13H2,(H2,22,23)(H,24,25)/t18-,22+;16-,20+/m00/s1. The molecule has 4 aromatic rings. The molecule has 280 valence electrons. The molecule has 0 spiro atoms. The third kappa shape index (κ3) is 11.4. The lowest BCUT2D eigenvalue weighted by atomic mass is 9.82. The molecule has 54 heavy (non-hydrogen) atoms. The van der Waals surface area contributed by atoms with E-state index >= 15 is 0 Å². The number of aliphatic hydroxyl groups is 2. The van der Waals surface area contributed by atoms with E-state index in [1.165, 1.54) is 31.5 Å². The number of hydrogen-bond acceptors (Lipinski definition) is 8. The number of aromatic nitrogens is 1. The number of pyridine rings is 1. The van der Waals surface area contributed by atoms with E-state index in [9.17, 15) is 24.9 Å². The highest BCUT2D eigenvalue weighted by Gasteiger charge is 2.35. The average molecular weight is 770 g/mol. The van der Waals surface area contributed by atoms with E-state index in [1.54, 1.807) is 36.4 Å². The maximum atomic E-state index is 12.5. The summed E-state index contributed by atoms with van der Waals surface area (Å²) in [6.45, 7) is 0. The van der Waals surface area contributed by atoms with Gasteiger partial charge in [0, 0.05) is 57.9 Å². The number of ether oxygens (including phenoxy) is 1. The Morgan fingerprint density at radius 3 is 1.89 bits per heavy atom. The molecule has 7 N–H and O–H groups in total. The van der Waals surface area contributed by atoms with Crippen LogP contribution in [0.3, 0.4) is 0 Å². The number of nitrogens with zero attached hydrogens (tertiary/aromatic N) is 1. The lowest BCUT2D eigenvalue weighted by Crippen LogP contribution is -2.45. The number of nitrogens with one attached hydrogen (secondary N) is 2. The molecule has 6 rings (SSSR count). The van der Waals surface area contributed by atoms with Gasteiger partial charge in [-0.15, -0.1) is 0 Å². The van der Waals surface area contributed by atoms with Crippen LogP contribution in [0, 0.1) is 23.7 Å². The summed E-state index contributed by atoms with van der Waals surface area (Å²) in [5.74, 6) is 11.7. The third-order valence-corrected chi connectivity index (χ3v) is 9.65. The van der Waals surface area contributed by atoms with Gasteiger partial charge in [0.05, 0.1) is 12.7 Å². The van der Waals surface area contributed by atoms with Crippen LogP contribution in [-0.2, 0) is 0 Å². The minimum atomic E-state index is -1.16. The van der Waals surface area contributed by atoms with Crippen LogP contribution >= 0.6 is 23.2 Å². The van der Waals surface area contributed by atoms with Crippen molar-refractivity contribution in [2.45, 2.75) is 74.7 Å². The molecular formula is C42H42Cl2N4O6. The van der Waals surface area contributed by atoms with Crippen LogP contribution in [-0.4, -0.2) is 62.5 Å². The van der Waals surface area contributed by atoms with E-state index in [0.717, 1.165) is 36.8 Å². The van der Waals surface area contributed by atoms with Crippen molar-refractivity contribution < 1.29 is 29.6 Å². The molecule has 3 aromatic carbocycles. The van der Waals surface area contributed by atoms with E-state index in [0.29, 0.717) is 46.9 Å². The monoisotopic (exact) mass is 768 g/mol. The van der Waals surface area contributed by atoms with Gasteiger partial charge in [-0.2, -0.15) is 0 Å². The van der Waals surface area contributed by atoms with Crippen LogP contribution in [0.5, 0.6) is 11.5 Å². The first-order valence-electron chi connectivity index (χ1n) is 17.6. The Labute approximate surface area is 325 Å². The summed E-state index contributed by atoms with van der Waals surface area (Å²) in [5, 5.41) is 38.4. The van der Waals surface area contributed by atoms with Crippen LogP contribution in [0.1, 0.15) is 83.2 Å². The van der Waals surface area contributed by atoms with Crippen molar-refractivity contribution in [2.24, 2.45) is 0 Å². The van der Waals surface area contributed by atoms with Gasteiger partial charge in [0.1, 0.15) is 17.0 Å². The van der Waals surface area contributed by atoms with Crippen LogP contribution < -0.4 is 21.1 Å². The van der Waals surface area contributed by atoms with Crippen molar-refractivity contribution in [3.63, 3.8) is 0 Å². The Balaban J connectivity index is 0.000000208. The zero-order valence-corrected chi connectivity index (χ0v) is 31.3. The first-order valence-corrected chi connectivity index (χ1v) is 18.3. The lowest BCUT2D eigenvalue weighted by molar-refractivity contribution is 0.0443. The molecule has 10 nitrogen and oxygen atoms in total. The molecule has 2 aliphatic rings. The molecular weight excluding hydrogens is 727 g/mol. The Morgan fingerprint density at radius 1 is 0.815 bits per heavy atom. The molecule has 4 atom stereocenters. The molecule has 0 radical (unpaired) electrons. The first kappa shape index (κ1) is 40.0. The largest absolute Gasteiger partial charge is 0.504 e. The summed E-state index contributed by atoms with van der Waals surface area (Å²) in [6.07, 6.45) is 6.46. The molecule has 2 aliphatic carbocycles. The quantitative estimate of drug-likeness (QED) is 0.129. The number of phenols is 1. The van der Waals surface area contributed by atoms with Gasteiger partial charge in [-0.3, -0.25) is 9.59 Å². The van der Waals surface area contributed by atoms with Gasteiger partial charge in [-0.05, 0) is 105 Å². The fourth-order valence-corrected chi connectivity index (χ4v) is 6.83. The topological polar surface area (TPSA) is 167 Å². The number of phenolic OH excluding ortho intramolecular Hbond substituents is 1. The SMILES string of the molecule is COc1cc(C(=O)N[C@H]2CCC[C@@](O)(C#Cc3cccc(Cl)c3)C2)ccc1O.Nc1ncccc1C(=O)N[C@H]1CCC[C@@](O)(C#Cc2cccc(Cl)c2)C1. The number of benzene rings is 3. The number of amides is 2. The summed E-state index contributed by atoms with van der Waals surface area (Å²) < 4.78 is 5.04. The van der Waals surface area contributed by atoms with Crippen LogP contribution in [0.15, 0.2) is 85.1 Å². The normalized spacial score (nSPS) is 21.7. The van der Waals surface area contributed by atoms with Crippen molar-refractivity contribution in [3.8, 4) is 35.2 Å². The number of methoxy groups -OCH3 is 1. The summed E-state index contributed by atoms with van der Waals surface area (Å²) in [4.78, 5) is 28.9. The zero-order valence-electron chi connectivity index (χ0n) is 29.7. The van der Waals surface area contributed by atoms with Crippen molar-refractivity contribution in [3.05, 3.63) is 117 Å². The van der Waals surface area contributed by atoms with Crippen molar-refractivity contribution in [2.75, 3.05) is 12.8 Å². The van der Waals surface area contributed by atoms with Crippen molar-refractivity contribution in [1.29, 1.82) is 0 Å². The fraction of sp³-hybridized carbons (Fsp3) is 0.310. The van der Waals surface area contributed by atoms with E-state index < -0.39 is 11.2 Å². The average Bonchev–Trinajstić information content (AvgIpc) is 3.14. The second-order valence-corrected chi connectivity index (χ2v) is 14.3. The predicted molar refractivity (Wildman–Crippen MR) is 209 cm³/mol. The minimum Gasteiger partial charge on any atom is -0.504 e. The summed E-state index contributed by atoms with van der Waals surface area (Å²) >= 11 is 11.9. The first-order chi connectivity index (χ1) is 25.8. The highest BCUT2D eigenvalue weighted by molar-refractivity contribution is 6.31. The molecule has 2 saturated carbocycles. The van der Waals surface area contributed by atoms with Gasteiger partial charge in [0.25, 0.3) is 11.8 Å². The lowest BCUT2D eigenvalue weighted by Gasteiger charge is -2.33. The molecule has 0 bridgehead atoms. The predicted octanol–water partition coefficient (Wildman–Crippen LogP) is 6.28. The number of rotatable bonds is 5. The van der Waals surface area contributed by atoms with E-state index in [-0.39, 0.29) is 41.2 Å². The van der Waals surface area contributed by atoms with Gasteiger partial charge in [-0.1, -0.05) is 59.0 Å². The van der Waals surface area contributed by atoms with E-state index in [4.69, 9.17) is 33.7 Å². The number of aromatic hydroxyl groups is 1. The second kappa shape index (κ2) is 18.2. The van der Waals surface area contributed by atoms with Crippen LogP contribution in [0.2, 0.25) is 10.0 Å². The van der Waals surface area contributed by atoms with Crippen molar-refractivity contribution in [1.82, 2.24) is 15.6 Å². The van der Waals surface area contributed by atoms with Crippen molar-refractivity contribution >= 4 is 40.8 Å². The third-order valence-electron chi connectivity index (χ3n) is 9.18. The maximum Gasteiger partial charge on any atom is 0.255 e. The Kier molecular flexibility index (Phi) is 13.5. The highest BCUT2D eigenvalue weighted by Crippen LogP contribution is 2.31. The molecule has 0 unspecified atom stereocenters. The van der Waals surface area contributed by atoms with Gasteiger partial charge < -0.3 is 36.4 Å². The maximum absolute atomic E-state index is 12.5. The van der Waals surface area contributed by atoms with Crippen LogP contribution in [0.25, 0.3) is 0 Å². The highest BCUT2D eigenvalue weighted by atomic mass is 35.5. The molecule has 12 heteroatoms. The van der Waals surface area contributed by atoms with Gasteiger partial charge in [-0.25, -0.2) is 4.98 Å². The Bertz CT molecular complexity index is 2110. The number of nitrogen functional groups attached to an aromatic ring is 1. The molecule has 0 saturated heterocycles. The number of carbonyl (C=O) groups excluding carboxylic acids is 2. The number of hydrogen-bond donors (Lipinski definition) is 6. The molecule has 0 aliphatic heterocycles.